The number of para-hydroxylation sites is 1. The number of carbonyl (C=O) groups excluding carboxylic acids is 2. The van der Waals surface area contributed by atoms with Crippen LogP contribution in [-0.2, 0) is 14.9 Å². The van der Waals surface area contributed by atoms with Gasteiger partial charge in [0.2, 0.25) is 0 Å². The second kappa shape index (κ2) is 8.42. The molecule has 1 fully saturated rings. The highest BCUT2D eigenvalue weighted by Gasteiger charge is 2.37. The van der Waals surface area contributed by atoms with Crippen molar-refractivity contribution in [2.45, 2.75) is 25.2 Å². The van der Waals surface area contributed by atoms with E-state index in [0.29, 0.717) is 53.9 Å². The third-order valence-corrected chi connectivity index (χ3v) is 6.41. The van der Waals surface area contributed by atoms with Gasteiger partial charge < -0.3 is 15.0 Å². The normalized spacial score (nSPS) is 15.8. The number of ketones is 1. The number of aromatic nitrogens is 1. The molecule has 2 N–H and O–H groups in total. The van der Waals surface area contributed by atoms with Gasteiger partial charge in [-0.15, -0.1) is 0 Å². The van der Waals surface area contributed by atoms with Gasteiger partial charge in [0.15, 0.2) is 0 Å². The number of nitrogens with one attached hydrogen (secondary N) is 2. The fraction of sp³-hybridized carbons (Fsp3) is 0.304. The van der Waals surface area contributed by atoms with E-state index in [4.69, 9.17) is 27.9 Å². The van der Waals surface area contributed by atoms with Crippen LogP contribution in [-0.4, -0.2) is 36.4 Å². The maximum absolute atomic E-state index is 13.0. The molecular weight excluding hydrogens is 423 g/mol. The SMILES string of the molecule is Cc1[nH]c2ccccc2c1C(=O)C(=O)NCC1(c2ccc(Cl)cc2Cl)CCOCC1. The average Bonchev–Trinajstić information content (AvgIpc) is 3.07. The largest absolute Gasteiger partial charge is 0.381 e. The molecule has 156 valence electrons. The number of H-pyrrole nitrogens is 1. The summed E-state index contributed by atoms with van der Waals surface area (Å²) in [4.78, 5) is 29.0. The molecule has 4 rings (SSSR count). The summed E-state index contributed by atoms with van der Waals surface area (Å²) in [6.07, 6.45) is 1.38. The number of ether oxygens (including phenoxy) is 1. The van der Waals surface area contributed by atoms with Crippen molar-refractivity contribution in [1.29, 1.82) is 0 Å². The van der Waals surface area contributed by atoms with Crippen LogP contribution >= 0.6 is 23.2 Å². The molecule has 1 amide bonds. The number of benzene rings is 2. The fourth-order valence-corrected chi connectivity index (χ4v) is 4.84. The van der Waals surface area contributed by atoms with Crippen LogP contribution in [0, 0.1) is 6.92 Å². The Morgan fingerprint density at radius 1 is 1.13 bits per heavy atom. The molecule has 3 aromatic rings. The van der Waals surface area contributed by atoms with Crippen molar-refractivity contribution in [3.63, 3.8) is 0 Å². The second-order valence-corrected chi connectivity index (χ2v) is 8.54. The Kier molecular flexibility index (Phi) is 5.87. The zero-order valence-corrected chi connectivity index (χ0v) is 18.1. The Labute approximate surface area is 184 Å². The average molecular weight is 445 g/mol. The van der Waals surface area contributed by atoms with E-state index in [0.717, 1.165) is 16.5 Å². The molecule has 30 heavy (non-hydrogen) atoms. The van der Waals surface area contributed by atoms with Gasteiger partial charge in [-0.2, -0.15) is 0 Å². The van der Waals surface area contributed by atoms with Crippen molar-refractivity contribution in [1.82, 2.24) is 10.3 Å². The second-order valence-electron chi connectivity index (χ2n) is 7.70. The number of carbonyl (C=O) groups is 2. The highest BCUT2D eigenvalue weighted by molar-refractivity contribution is 6.45. The topological polar surface area (TPSA) is 71.2 Å². The number of hydrogen-bond donors (Lipinski definition) is 2. The van der Waals surface area contributed by atoms with E-state index in [-0.39, 0.29) is 0 Å². The van der Waals surface area contributed by atoms with Crippen LogP contribution in [0.1, 0.15) is 34.5 Å². The molecule has 7 heteroatoms. The lowest BCUT2D eigenvalue weighted by molar-refractivity contribution is -0.117. The molecule has 5 nitrogen and oxygen atoms in total. The molecule has 1 saturated heterocycles. The highest BCUT2D eigenvalue weighted by Crippen LogP contribution is 2.39. The Hall–Kier alpha value is -2.34. The molecule has 1 aliphatic heterocycles. The molecule has 1 aromatic heterocycles. The zero-order chi connectivity index (χ0) is 21.3. The first-order valence-electron chi connectivity index (χ1n) is 9.84. The molecular formula is C23H22Cl2N2O3. The number of aryl methyl sites for hydroxylation is 1. The van der Waals surface area contributed by atoms with Crippen molar-refractivity contribution in [3.05, 3.63) is 69.3 Å². The lowest BCUT2D eigenvalue weighted by Gasteiger charge is -2.38. The third kappa shape index (κ3) is 3.85. The summed E-state index contributed by atoms with van der Waals surface area (Å²) in [5, 5.41) is 4.72. The summed E-state index contributed by atoms with van der Waals surface area (Å²) >= 11 is 12.6. The summed E-state index contributed by atoms with van der Waals surface area (Å²) in [6.45, 7) is 3.21. The minimum Gasteiger partial charge on any atom is -0.381 e. The van der Waals surface area contributed by atoms with Gasteiger partial charge >= 0.3 is 0 Å². The first-order chi connectivity index (χ1) is 14.4. The summed E-state index contributed by atoms with van der Waals surface area (Å²) in [7, 11) is 0. The van der Waals surface area contributed by atoms with E-state index in [9.17, 15) is 9.59 Å². The zero-order valence-electron chi connectivity index (χ0n) is 16.6. The van der Waals surface area contributed by atoms with Gasteiger partial charge in [-0.25, -0.2) is 0 Å². The van der Waals surface area contributed by atoms with E-state index in [1.54, 1.807) is 19.1 Å². The smallest absolute Gasteiger partial charge is 0.292 e. The summed E-state index contributed by atoms with van der Waals surface area (Å²) in [5.41, 5.74) is 2.42. The number of hydrogen-bond acceptors (Lipinski definition) is 3. The van der Waals surface area contributed by atoms with E-state index in [2.05, 4.69) is 10.3 Å². The Balaban J connectivity index is 1.58. The standard InChI is InChI=1S/C23H22Cl2N2O3/c1-14-20(16-4-2-3-5-19(16)27-14)21(28)22(29)26-13-23(8-10-30-11-9-23)17-7-6-15(24)12-18(17)25/h2-7,12,27H,8-11,13H2,1H3,(H,26,29). The van der Waals surface area contributed by atoms with Crippen molar-refractivity contribution in [3.8, 4) is 0 Å². The Morgan fingerprint density at radius 3 is 2.60 bits per heavy atom. The van der Waals surface area contributed by atoms with Crippen LogP contribution in [0.4, 0.5) is 0 Å². The number of aromatic amines is 1. The van der Waals surface area contributed by atoms with Gasteiger partial charge in [0.25, 0.3) is 11.7 Å². The molecule has 0 saturated carbocycles. The monoisotopic (exact) mass is 444 g/mol. The molecule has 2 heterocycles. The van der Waals surface area contributed by atoms with Gasteiger partial charge in [-0.05, 0) is 43.5 Å². The van der Waals surface area contributed by atoms with Crippen LogP contribution in [0.3, 0.4) is 0 Å². The number of amides is 1. The van der Waals surface area contributed by atoms with Crippen LogP contribution in [0.2, 0.25) is 10.0 Å². The molecule has 0 aliphatic carbocycles. The van der Waals surface area contributed by atoms with Crippen molar-refractivity contribution in [2.24, 2.45) is 0 Å². The number of rotatable bonds is 5. The summed E-state index contributed by atoms with van der Waals surface area (Å²) in [6, 6.07) is 12.9. The lowest BCUT2D eigenvalue weighted by atomic mass is 9.74. The summed E-state index contributed by atoms with van der Waals surface area (Å²) < 4.78 is 5.53. The summed E-state index contributed by atoms with van der Waals surface area (Å²) in [5.74, 6) is -1.17. The molecule has 2 aromatic carbocycles. The minimum atomic E-state index is -0.626. The van der Waals surface area contributed by atoms with E-state index in [1.165, 1.54) is 0 Å². The first-order valence-corrected chi connectivity index (χ1v) is 10.6. The van der Waals surface area contributed by atoms with Crippen molar-refractivity contribution >= 4 is 45.8 Å². The first kappa shape index (κ1) is 20.9. The van der Waals surface area contributed by atoms with Crippen LogP contribution in [0.25, 0.3) is 10.9 Å². The maximum Gasteiger partial charge on any atom is 0.292 e. The predicted octanol–water partition coefficient (Wildman–Crippen LogP) is 4.83. The molecule has 0 bridgehead atoms. The number of fused-ring (bicyclic) bond motifs is 1. The molecule has 1 aliphatic rings. The lowest BCUT2D eigenvalue weighted by Crippen LogP contribution is -2.46. The Bertz CT molecular complexity index is 1120. The molecule has 0 unspecified atom stereocenters. The van der Waals surface area contributed by atoms with Gasteiger partial charge in [0.1, 0.15) is 0 Å². The van der Waals surface area contributed by atoms with E-state index < -0.39 is 17.1 Å². The number of Topliss-reactive ketones (excluding diaryl/α,β-unsaturated/α-hetero) is 1. The molecule has 0 spiro atoms. The Morgan fingerprint density at radius 2 is 1.87 bits per heavy atom. The van der Waals surface area contributed by atoms with Crippen molar-refractivity contribution in [2.75, 3.05) is 19.8 Å². The van der Waals surface area contributed by atoms with Crippen LogP contribution < -0.4 is 5.32 Å². The van der Waals surface area contributed by atoms with Crippen LogP contribution in [0.5, 0.6) is 0 Å². The minimum absolute atomic E-state index is 0.295. The molecule has 0 atom stereocenters. The fourth-order valence-electron chi connectivity index (χ4n) is 4.24. The van der Waals surface area contributed by atoms with Gasteiger partial charge in [-0.1, -0.05) is 47.5 Å². The third-order valence-electron chi connectivity index (χ3n) is 5.87. The van der Waals surface area contributed by atoms with Gasteiger partial charge in [-0.3, -0.25) is 9.59 Å². The predicted molar refractivity (Wildman–Crippen MR) is 119 cm³/mol. The van der Waals surface area contributed by atoms with Gasteiger partial charge in [0, 0.05) is 51.8 Å². The molecule has 0 radical (unpaired) electrons. The van der Waals surface area contributed by atoms with E-state index >= 15 is 0 Å². The quantitative estimate of drug-likeness (QED) is 0.437. The van der Waals surface area contributed by atoms with Crippen molar-refractivity contribution < 1.29 is 14.3 Å². The van der Waals surface area contributed by atoms with E-state index in [1.807, 2.05) is 30.3 Å². The van der Waals surface area contributed by atoms with Gasteiger partial charge in [0.05, 0.1) is 5.56 Å². The maximum atomic E-state index is 13.0. The van der Waals surface area contributed by atoms with Crippen LogP contribution in [0.15, 0.2) is 42.5 Å². The highest BCUT2D eigenvalue weighted by atomic mass is 35.5. The number of halogens is 2.